The quantitative estimate of drug-likeness (QED) is 0.593. The van der Waals surface area contributed by atoms with Crippen LogP contribution >= 0.6 is 0 Å². The number of hydrogen-bond acceptors (Lipinski definition) is 2. The molecule has 74 valence electrons. The van der Waals surface area contributed by atoms with Gasteiger partial charge in [0.25, 0.3) is 0 Å². The van der Waals surface area contributed by atoms with Gasteiger partial charge in [-0.15, -0.1) is 12.3 Å². The maximum Gasteiger partial charge on any atom is 0.0214 e. The SMILES string of the molecule is C#CCCN(C)CC1CCN(C)C1. The minimum Gasteiger partial charge on any atom is -0.306 e. The van der Waals surface area contributed by atoms with Crippen LogP contribution in [-0.4, -0.2) is 50.1 Å². The van der Waals surface area contributed by atoms with Crippen LogP contribution in [0.5, 0.6) is 0 Å². The summed E-state index contributed by atoms with van der Waals surface area (Å²) in [6.07, 6.45) is 7.44. The number of rotatable bonds is 4. The highest BCUT2D eigenvalue weighted by Gasteiger charge is 2.20. The second kappa shape index (κ2) is 5.26. The molecule has 2 nitrogen and oxygen atoms in total. The highest BCUT2D eigenvalue weighted by molar-refractivity contribution is 4.85. The molecule has 1 rings (SSSR count). The monoisotopic (exact) mass is 180 g/mol. The lowest BCUT2D eigenvalue weighted by molar-refractivity contribution is 0.279. The van der Waals surface area contributed by atoms with Crippen molar-refractivity contribution in [3.05, 3.63) is 0 Å². The smallest absolute Gasteiger partial charge is 0.0214 e. The Morgan fingerprint density at radius 2 is 2.38 bits per heavy atom. The van der Waals surface area contributed by atoms with E-state index in [0.717, 1.165) is 18.9 Å². The van der Waals surface area contributed by atoms with Gasteiger partial charge in [0.15, 0.2) is 0 Å². The predicted molar refractivity (Wildman–Crippen MR) is 56.6 cm³/mol. The summed E-state index contributed by atoms with van der Waals surface area (Å²) in [6, 6.07) is 0. The second-order valence-corrected chi connectivity index (χ2v) is 4.13. The van der Waals surface area contributed by atoms with Crippen LogP contribution < -0.4 is 0 Å². The lowest BCUT2D eigenvalue weighted by Crippen LogP contribution is -2.28. The minimum atomic E-state index is 0.854. The van der Waals surface area contributed by atoms with Gasteiger partial charge in [0.2, 0.25) is 0 Å². The van der Waals surface area contributed by atoms with E-state index >= 15 is 0 Å². The van der Waals surface area contributed by atoms with Crippen LogP contribution in [0.15, 0.2) is 0 Å². The normalized spacial score (nSPS) is 23.7. The average Bonchev–Trinajstić information content (AvgIpc) is 2.48. The van der Waals surface area contributed by atoms with Crippen molar-refractivity contribution >= 4 is 0 Å². The van der Waals surface area contributed by atoms with Crippen molar-refractivity contribution in [2.75, 3.05) is 40.3 Å². The Kier molecular flexibility index (Phi) is 4.27. The molecule has 1 aliphatic rings. The van der Waals surface area contributed by atoms with E-state index in [1.807, 2.05) is 0 Å². The van der Waals surface area contributed by atoms with E-state index in [1.165, 1.54) is 26.1 Å². The van der Waals surface area contributed by atoms with Gasteiger partial charge in [0.1, 0.15) is 0 Å². The molecule has 0 spiro atoms. The van der Waals surface area contributed by atoms with Crippen LogP contribution in [-0.2, 0) is 0 Å². The summed E-state index contributed by atoms with van der Waals surface area (Å²) in [4.78, 5) is 4.75. The molecule has 1 aliphatic heterocycles. The molecule has 13 heavy (non-hydrogen) atoms. The molecular formula is C11H20N2. The van der Waals surface area contributed by atoms with Gasteiger partial charge < -0.3 is 9.80 Å². The summed E-state index contributed by atoms with van der Waals surface area (Å²) >= 11 is 0. The van der Waals surface area contributed by atoms with Crippen molar-refractivity contribution in [2.45, 2.75) is 12.8 Å². The lowest BCUT2D eigenvalue weighted by atomic mass is 10.1. The van der Waals surface area contributed by atoms with Crippen LogP contribution in [0.2, 0.25) is 0 Å². The standard InChI is InChI=1S/C11H20N2/c1-4-5-7-12(2)9-11-6-8-13(3)10-11/h1,11H,5-10H2,2-3H3. The molecule has 0 amide bonds. The lowest BCUT2D eigenvalue weighted by Gasteiger charge is -2.19. The first-order valence-corrected chi connectivity index (χ1v) is 5.03. The Hall–Kier alpha value is -0.520. The van der Waals surface area contributed by atoms with Crippen LogP contribution in [0.1, 0.15) is 12.8 Å². The van der Waals surface area contributed by atoms with Gasteiger partial charge in [-0.2, -0.15) is 0 Å². The van der Waals surface area contributed by atoms with Gasteiger partial charge in [-0.3, -0.25) is 0 Å². The van der Waals surface area contributed by atoms with Crippen molar-refractivity contribution in [3.63, 3.8) is 0 Å². The number of likely N-dealkylation sites (tertiary alicyclic amines) is 1. The summed E-state index contributed by atoms with van der Waals surface area (Å²) in [7, 11) is 4.36. The van der Waals surface area contributed by atoms with Gasteiger partial charge in [0.05, 0.1) is 0 Å². The summed E-state index contributed by atoms with van der Waals surface area (Å²) in [5.74, 6) is 3.53. The van der Waals surface area contributed by atoms with E-state index in [4.69, 9.17) is 6.42 Å². The number of terminal acetylenes is 1. The summed E-state index contributed by atoms with van der Waals surface area (Å²) in [6.45, 7) is 4.75. The molecule has 0 N–H and O–H groups in total. The molecule has 0 aromatic carbocycles. The molecule has 1 heterocycles. The van der Waals surface area contributed by atoms with E-state index in [0.29, 0.717) is 0 Å². The first kappa shape index (κ1) is 10.6. The molecule has 0 aromatic heterocycles. The molecular weight excluding hydrogens is 160 g/mol. The fourth-order valence-corrected chi connectivity index (χ4v) is 1.96. The van der Waals surface area contributed by atoms with E-state index < -0.39 is 0 Å². The molecule has 0 aromatic rings. The Balaban J connectivity index is 2.14. The van der Waals surface area contributed by atoms with Crippen LogP contribution in [0, 0.1) is 18.3 Å². The summed E-state index contributed by atoms with van der Waals surface area (Å²) < 4.78 is 0. The highest BCUT2D eigenvalue weighted by atomic mass is 15.1. The Bertz CT molecular complexity index is 183. The fourth-order valence-electron chi connectivity index (χ4n) is 1.96. The van der Waals surface area contributed by atoms with Crippen molar-refractivity contribution in [1.29, 1.82) is 0 Å². The fraction of sp³-hybridized carbons (Fsp3) is 0.818. The molecule has 0 radical (unpaired) electrons. The maximum atomic E-state index is 5.22. The van der Waals surface area contributed by atoms with Gasteiger partial charge in [0, 0.05) is 26.1 Å². The molecule has 2 heteroatoms. The zero-order valence-electron chi connectivity index (χ0n) is 8.79. The van der Waals surface area contributed by atoms with Crippen molar-refractivity contribution in [1.82, 2.24) is 9.80 Å². The third-order valence-corrected chi connectivity index (χ3v) is 2.70. The van der Waals surface area contributed by atoms with Crippen molar-refractivity contribution in [3.8, 4) is 12.3 Å². The second-order valence-electron chi connectivity index (χ2n) is 4.13. The van der Waals surface area contributed by atoms with Crippen molar-refractivity contribution in [2.24, 2.45) is 5.92 Å². The van der Waals surface area contributed by atoms with Crippen LogP contribution in [0.4, 0.5) is 0 Å². The van der Waals surface area contributed by atoms with E-state index in [9.17, 15) is 0 Å². The van der Waals surface area contributed by atoms with Crippen molar-refractivity contribution < 1.29 is 0 Å². The molecule has 1 saturated heterocycles. The molecule has 0 saturated carbocycles. The van der Waals surface area contributed by atoms with E-state index in [1.54, 1.807) is 0 Å². The van der Waals surface area contributed by atoms with Crippen LogP contribution in [0.25, 0.3) is 0 Å². The maximum absolute atomic E-state index is 5.22. The predicted octanol–water partition coefficient (Wildman–Crippen LogP) is 0.893. The zero-order chi connectivity index (χ0) is 9.68. The Morgan fingerprint density at radius 1 is 1.62 bits per heavy atom. The number of hydrogen-bond donors (Lipinski definition) is 0. The molecule has 1 unspecified atom stereocenters. The van der Waals surface area contributed by atoms with Gasteiger partial charge in [-0.1, -0.05) is 0 Å². The third kappa shape index (κ3) is 3.80. The first-order valence-electron chi connectivity index (χ1n) is 5.03. The van der Waals surface area contributed by atoms with Gasteiger partial charge in [-0.25, -0.2) is 0 Å². The Labute approximate surface area is 81.9 Å². The summed E-state index contributed by atoms with van der Waals surface area (Å²) in [5, 5.41) is 0. The zero-order valence-corrected chi connectivity index (χ0v) is 8.79. The molecule has 1 atom stereocenters. The highest BCUT2D eigenvalue weighted by Crippen LogP contribution is 2.14. The first-order chi connectivity index (χ1) is 6.22. The van der Waals surface area contributed by atoms with Crippen LogP contribution in [0.3, 0.4) is 0 Å². The van der Waals surface area contributed by atoms with Gasteiger partial charge in [-0.05, 0) is 33.0 Å². The largest absolute Gasteiger partial charge is 0.306 e. The van der Waals surface area contributed by atoms with Gasteiger partial charge >= 0.3 is 0 Å². The Morgan fingerprint density at radius 3 is 2.92 bits per heavy atom. The molecule has 1 fully saturated rings. The molecule has 0 aliphatic carbocycles. The number of nitrogens with zero attached hydrogens (tertiary/aromatic N) is 2. The summed E-state index contributed by atoms with van der Waals surface area (Å²) in [5.41, 5.74) is 0. The van der Waals surface area contributed by atoms with E-state index in [2.05, 4.69) is 29.8 Å². The average molecular weight is 180 g/mol. The topological polar surface area (TPSA) is 6.48 Å². The third-order valence-electron chi connectivity index (χ3n) is 2.70. The minimum absolute atomic E-state index is 0.854. The van der Waals surface area contributed by atoms with E-state index in [-0.39, 0.29) is 0 Å². The molecule has 0 bridgehead atoms.